The summed E-state index contributed by atoms with van der Waals surface area (Å²) in [4.78, 5) is 15.8. The second-order valence-corrected chi connectivity index (χ2v) is 3.50. The third kappa shape index (κ3) is 1.81. The van der Waals surface area contributed by atoms with Crippen molar-refractivity contribution in [3.8, 4) is 5.69 Å². The van der Waals surface area contributed by atoms with Crippen LogP contribution in [0, 0.1) is 13.8 Å². The fourth-order valence-electron chi connectivity index (χ4n) is 1.58. The molecule has 0 atom stereocenters. The van der Waals surface area contributed by atoms with Crippen LogP contribution < -0.4 is 5.56 Å². The molecule has 0 saturated carbocycles. The molecule has 0 aliphatic carbocycles. The Kier molecular flexibility index (Phi) is 2.37. The lowest BCUT2D eigenvalue weighted by Gasteiger charge is -2.08. The summed E-state index contributed by atoms with van der Waals surface area (Å²) in [5.41, 5.74) is 1.95. The molecule has 1 aromatic carbocycles. The van der Waals surface area contributed by atoms with E-state index in [-0.39, 0.29) is 5.56 Å². The highest BCUT2D eigenvalue weighted by atomic mass is 16.1. The topological polar surface area (TPSA) is 34.9 Å². The summed E-state index contributed by atoms with van der Waals surface area (Å²) in [7, 11) is 0. The molecule has 2 rings (SSSR count). The summed E-state index contributed by atoms with van der Waals surface area (Å²) in [6, 6.07) is 9.28. The van der Waals surface area contributed by atoms with Crippen LogP contribution >= 0.6 is 0 Å². The quantitative estimate of drug-likeness (QED) is 0.704. The normalized spacial score (nSPS) is 10.3. The number of aryl methyl sites for hydroxylation is 2. The van der Waals surface area contributed by atoms with Gasteiger partial charge in [0.2, 0.25) is 0 Å². The van der Waals surface area contributed by atoms with Gasteiger partial charge in [-0.25, -0.2) is 4.98 Å². The van der Waals surface area contributed by atoms with E-state index in [2.05, 4.69) is 4.98 Å². The minimum atomic E-state index is -0.0481. The maximum atomic E-state index is 11.7. The minimum absolute atomic E-state index is 0.0481. The molecular formula is C12H12N2O. The molecule has 76 valence electrons. The molecule has 0 fully saturated rings. The predicted molar refractivity (Wildman–Crippen MR) is 59.3 cm³/mol. The van der Waals surface area contributed by atoms with Gasteiger partial charge < -0.3 is 0 Å². The van der Waals surface area contributed by atoms with Crippen LogP contribution in [0.15, 0.2) is 41.3 Å². The van der Waals surface area contributed by atoms with Crippen molar-refractivity contribution in [1.29, 1.82) is 0 Å². The summed E-state index contributed by atoms with van der Waals surface area (Å²) >= 11 is 0. The van der Waals surface area contributed by atoms with Gasteiger partial charge in [-0.15, -0.1) is 0 Å². The van der Waals surface area contributed by atoms with Crippen molar-refractivity contribution in [2.45, 2.75) is 13.8 Å². The number of benzene rings is 1. The zero-order chi connectivity index (χ0) is 10.8. The van der Waals surface area contributed by atoms with Crippen molar-refractivity contribution in [2.75, 3.05) is 0 Å². The molecular weight excluding hydrogens is 188 g/mol. The van der Waals surface area contributed by atoms with Crippen LogP contribution in [0.25, 0.3) is 5.69 Å². The smallest absolute Gasteiger partial charge is 0.258 e. The van der Waals surface area contributed by atoms with Crippen molar-refractivity contribution in [2.24, 2.45) is 0 Å². The predicted octanol–water partition coefficient (Wildman–Crippen LogP) is 1.85. The van der Waals surface area contributed by atoms with E-state index < -0.39 is 0 Å². The van der Waals surface area contributed by atoms with E-state index >= 15 is 0 Å². The highest BCUT2D eigenvalue weighted by Crippen LogP contribution is 2.08. The first kappa shape index (κ1) is 9.65. The largest absolute Gasteiger partial charge is 0.269 e. The monoisotopic (exact) mass is 200 g/mol. The van der Waals surface area contributed by atoms with Crippen LogP contribution in [0.2, 0.25) is 0 Å². The Morgan fingerprint density at radius 3 is 2.67 bits per heavy atom. The van der Waals surface area contributed by atoms with Crippen LogP contribution in [0.4, 0.5) is 0 Å². The molecule has 0 unspecified atom stereocenters. The van der Waals surface area contributed by atoms with E-state index in [1.54, 1.807) is 4.57 Å². The van der Waals surface area contributed by atoms with Gasteiger partial charge in [-0.05, 0) is 31.5 Å². The minimum Gasteiger partial charge on any atom is -0.269 e. The van der Waals surface area contributed by atoms with Gasteiger partial charge in [0.25, 0.3) is 5.56 Å². The van der Waals surface area contributed by atoms with Gasteiger partial charge in [0, 0.05) is 12.3 Å². The zero-order valence-corrected chi connectivity index (χ0v) is 8.77. The average Bonchev–Trinajstić information content (AvgIpc) is 2.17. The fourth-order valence-corrected chi connectivity index (χ4v) is 1.58. The van der Waals surface area contributed by atoms with Crippen molar-refractivity contribution in [3.05, 3.63) is 58.3 Å². The van der Waals surface area contributed by atoms with Gasteiger partial charge >= 0.3 is 0 Å². The van der Waals surface area contributed by atoms with Crippen LogP contribution in [-0.4, -0.2) is 9.55 Å². The molecule has 3 heteroatoms. The molecule has 2 aromatic rings. The maximum Gasteiger partial charge on any atom is 0.258 e. The van der Waals surface area contributed by atoms with Gasteiger partial charge in [-0.1, -0.05) is 12.1 Å². The average molecular weight is 200 g/mol. The number of aromatic nitrogens is 2. The Balaban J connectivity index is 2.69. The van der Waals surface area contributed by atoms with Gasteiger partial charge in [0.1, 0.15) is 5.82 Å². The molecule has 0 amide bonds. The summed E-state index contributed by atoms with van der Waals surface area (Å²) in [5, 5.41) is 0. The van der Waals surface area contributed by atoms with E-state index in [1.807, 2.05) is 38.1 Å². The summed E-state index contributed by atoms with van der Waals surface area (Å²) in [5.74, 6) is 0.702. The van der Waals surface area contributed by atoms with E-state index in [9.17, 15) is 4.79 Å². The van der Waals surface area contributed by atoms with Gasteiger partial charge in [0.05, 0.1) is 5.69 Å². The van der Waals surface area contributed by atoms with Crippen LogP contribution in [0.1, 0.15) is 11.4 Å². The van der Waals surface area contributed by atoms with Gasteiger partial charge in [0.15, 0.2) is 0 Å². The Bertz CT molecular complexity index is 543. The third-order valence-corrected chi connectivity index (χ3v) is 2.28. The standard InChI is InChI=1S/C12H12N2O/c1-9-4-3-5-11(8-9)14-10(2)13-7-6-12(14)15/h3-8H,1-2H3. The third-order valence-electron chi connectivity index (χ3n) is 2.28. The first-order valence-corrected chi connectivity index (χ1v) is 4.80. The molecule has 0 spiro atoms. The summed E-state index contributed by atoms with van der Waals surface area (Å²) in [6.07, 6.45) is 1.53. The lowest BCUT2D eigenvalue weighted by atomic mass is 10.2. The Labute approximate surface area is 88.0 Å². The van der Waals surface area contributed by atoms with Gasteiger partial charge in [-0.3, -0.25) is 9.36 Å². The van der Waals surface area contributed by atoms with E-state index in [4.69, 9.17) is 0 Å². The molecule has 0 saturated heterocycles. The summed E-state index contributed by atoms with van der Waals surface area (Å²) < 4.78 is 1.60. The summed E-state index contributed by atoms with van der Waals surface area (Å²) in [6.45, 7) is 3.82. The highest BCUT2D eigenvalue weighted by Gasteiger charge is 2.02. The van der Waals surface area contributed by atoms with Crippen LogP contribution in [0.3, 0.4) is 0 Å². The molecule has 1 aromatic heterocycles. The first-order chi connectivity index (χ1) is 7.18. The number of hydrogen-bond donors (Lipinski definition) is 0. The Morgan fingerprint density at radius 2 is 2.00 bits per heavy atom. The Hall–Kier alpha value is -1.90. The van der Waals surface area contributed by atoms with Crippen molar-refractivity contribution in [3.63, 3.8) is 0 Å². The molecule has 15 heavy (non-hydrogen) atoms. The molecule has 0 radical (unpaired) electrons. The zero-order valence-electron chi connectivity index (χ0n) is 8.77. The maximum absolute atomic E-state index is 11.7. The first-order valence-electron chi connectivity index (χ1n) is 4.80. The lowest BCUT2D eigenvalue weighted by Crippen LogP contribution is -2.20. The number of nitrogens with zero attached hydrogens (tertiary/aromatic N) is 2. The lowest BCUT2D eigenvalue weighted by molar-refractivity contribution is 0.869. The Morgan fingerprint density at radius 1 is 1.20 bits per heavy atom. The van der Waals surface area contributed by atoms with E-state index in [1.165, 1.54) is 12.3 Å². The van der Waals surface area contributed by atoms with Gasteiger partial charge in [-0.2, -0.15) is 0 Å². The number of rotatable bonds is 1. The number of hydrogen-bond acceptors (Lipinski definition) is 2. The molecule has 0 aliphatic heterocycles. The van der Waals surface area contributed by atoms with Crippen molar-refractivity contribution < 1.29 is 0 Å². The second kappa shape index (κ2) is 3.69. The SMILES string of the molecule is Cc1cccc(-n2c(C)nccc2=O)c1. The van der Waals surface area contributed by atoms with E-state index in [0.29, 0.717) is 5.82 Å². The van der Waals surface area contributed by atoms with Crippen molar-refractivity contribution in [1.82, 2.24) is 9.55 Å². The van der Waals surface area contributed by atoms with Crippen molar-refractivity contribution >= 4 is 0 Å². The van der Waals surface area contributed by atoms with E-state index in [0.717, 1.165) is 11.3 Å². The van der Waals surface area contributed by atoms with Crippen LogP contribution in [0.5, 0.6) is 0 Å². The molecule has 3 nitrogen and oxygen atoms in total. The molecule has 0 N–H and O–H groups in total. The molecule has 0 aliphatic rings. The van der Waals surface area contributed by atoms with Crippen LogP contribution in [-0.2, 0) is 0 Å². The second-order valence-electron chi connectivity index (χ2n) is 3.50. The molecule has 0 bridgehead atoms. The highest BCUT2D eigenvalue weighted by molar-refractivity contribution is 5.36. The molecule has 1 heterocycles. The fraction of sp³-hybridized carbons (Fsp3) is 0.167.